The molecule has 0 fully saturated rings. The normalized spacial score (nSPS) is 13.6. The van der Waals surface area contributed by atoms with Gasteiger partial charge in [0.2, 0.25) is 0 Å². The van der Waals surface area contributed by atoms with E-state index in [0.29, 0.717) is 0 Å². The van der Waals surface area contributed by atoms with Crippen LogP contribution in [-0.2, 0) is 17.7 Å². The van der Waals surface area contributed by atoms with Crippen LogP contribution in [0.1, 0.15) is 11.1 Å². The molecule has 0 atom stereocenters. The summed E-state index contributed by atoms with van der Waals surface area (Å²) >= 11 is 3.56. The number of likely N-dealkylation sites (N-methyl/N-ethyl adjacent to an activating group) is 1. The average molecular weight is 343 g/mol. The Balaban J connectivity index is 1.70. The molecule has 1 aromatic rings. The van der Waals surface area contributed by atoms with Gasteiger partial charge in [-0.3, -0.25) is 0 Å². The number of hydrogen-bond donors (Lipinski definition) is 1. The van der Waals surface area contributed by atoms with Crippen molar-refractivity contribution in [3.05, 3.63) is 27.7 Å². The summed E-state index contributed by atoms with van der Waals surface area (Å²) in [6, 6.07) is 4.28. The van der Waals surface area contributed by atoms with E-state index in [1.165, 1.54) is 11.1 Å². The highest BCUT2D eigenvalue weighted by atomic mass is 79.9. The Kier molecular flexibility index (Phi) is 6.29. The number of rotatable bonds is 8. The van der Waals surface area contributed by atoms with E-state index >= 15 is 0 Å². The zero-order chi connectivity index (χ0) is 14.4. The van der Waals surface area contributed by atoms with Gasteiger partial charge in [0.25, 0.3) is 0 Å². The maximum Gasteiger partial charge on any atom is 0.127 e. The van der Waals surface area contributed by atoms with E-state index in [4.69, 9.17) is 9.47 Å². The lowest BCUT2D eigenvalue weighted by atomic mass is 10.1. The number of nitrogens with one attached hydrogen (secondary N) is 1. The van der Waals surface area contributed by atoms with Crippen molar-refractivity contribution in [1.29, 1.82) is 0 Å². The fourth-order valence-corrected chi connectivity index (χ4v) is 2.75. The smallest absolute Gasteiger partial charge is 0.127 e. The van der Waals surface area contributed by atoms with Gasteiger partial charge in [0.15, 0.2) is 0 Å². The first-order chi connectivity index (χ1) is 9.66. The summed E-state index contributed by atoms with van der Waals surface area (Å²) in [6.07, 6.45) is 1.01. The highest BCUT2D eigenvalue weighted by Crippen LogP contribution is 2.32. The van der Waals surface area contributed by atoms with Crippen molar-refractivity contribution >= 4 is 15.9 Å². The van der Waals surface area contributed by atoms with E-state index in [1.54, 1.807) is 0 Å². The maximum atomic E-state index is 5.71. The van der Waals surface area contributed by atoms with Gasteiger partial charge in [-0.1, -0.05) is 15.9 Å². The number of halogens is 1. The van der Waals surface area contributed by atoms with E-state index in [1.807, 2.05) is 0 Å². The lowest BCUT2D eigenvalue weighted by Gasteiger charge is -2.12. The van der Waals surface area contributed by atoms with Crippen LogP contribution in [-0.4, -0.2) is 51.9 Å². The molecule has 1 aliphatic rings. The molecule has 0 bridgehead atoms. The van der Waals surface area contributed by atoms with E-state index in [2.05, 4.69) is 52.4 Å². The molecule has 0 amide bonds. The van der Waals surface area contributed by atoms with Crippen LogP contribution < -0.4 is 10.1 Å². The molecule has 0 aromatic heterocycles. The summed E-state index contributed by atoms with van der Waals surface area (Å²) < 4.78 is 12.4. The Bertz CT molecular complexity index is 438. The van der Waals surface area contributed by atoms with Crippen LogP contribution in [0, 0.1) is 0 Å². The fraction of sp³-hybridized carbons (Fsp3) is 0.600. The topological polar surface area (TPSA) is 33.7 Å². The third kappa shape index (κ3) is 4.74. The molecule has 0 spiro atoms. The molecule has 0 saturated carbocycles. The second-order valence-electron chi connectivity index (χ2n) is 5.24. The predicted octanol–water partition coefficient (Wildman–Crippen LogP) is 2.05. The zero-order valence-electron chi connectivity index (χ0n) is 12.2. The van der Waals surface area contributed by atoms with E-state index in [9.17, 15) is 0 Å². The molecule has 0 radical (unpaired) electrons. The van der Waals surface area contributed by atoms with Gasteiger partial charge >= 0.3 is 0 Å². The number of ether oxygens (including phenoxy) is 2. The van der Waals surface area contributed by atoms with Crippen molar-refractivity contribution < 1.29 is 9.47 Å². The summed E-state index contributed by atoms with van der Waals surface area (Å²) in [5.74, 6) is 1.06. The van der Waals surface area contributed by atoms with Gasteiger partial charge in [-0.05, 0) is 31.8 Å². The van der Waals surface area contributed by atoms with Gasteiger partial charge < -0.3 is 19.7 Å². The van der Waals surface area contributed by atoms with Crippen molar-refractivity contribution in [1.82, 2.24) is 10.2 Å². The molecular formula is C15H23BrN2O2. The number of hydrogen-bond acceptors (Lipinski definition) is 4. The molecule has 1 aromatic carbocycles. The van der Waals surface area contributed by atoms with Crippen LogP contribution in [0.15, 0.2) is 16.6 Å². The average Bonchev–Trinajstić information content (AvgIpc) is 2.85. The fourth-order valence-electron chi connectivity index (χ4n) is 2.19. The van der Waals surface area contributed by atoms with Crippen molar-refractivity contribution in [3.63, 3.8) is 0 Å². The summed E-state index contributed by atoms with van der Waals surface area (Å²) in [7, 11) is 4.10. The molecule has 1 N–H and O–H groups in total. The first-order valence-corrected chi connectivity index (χ1v) is 7.83. The second kappa shape index (κ2) is 7.98. The van der Waals surface area contributed by atoms with Crippen LogP contribution >= 0.6 is 15.9 Å². The minimum absolute atomic E-state index is 0.741. The van der Waals surface area contributed by atoms with Crippen LogP contribution in [0.4, 0.5) is 0 Å². The summed E-state index contributed by atoms with van der Waals surface area (Å²) in [5.41, 5.74) is 2.53. The molecule has 5 heteroatoms. The van der Waals surface area contributed by atoms with Gasteiger partial charge in [-0.25, -0.2) is 0 Å². The Morgan fingerprint density at radius 2 is 2.20 bits per heavy atom. The van der Waals surface area contributed by atoms with Crippen molar-refractivity contribution in [2.75, 3.05) is 47.0 Å². The Morgan fingerprint density at radius 3 is 3.00 bits per heavy atom. The van der Waals surface area contributed by atoms with Crippen molar-refractivity contribution in [2.45, 2.75) is 13.0 Å². The largest absolute Gasteiger partial charge is 0.493 e. The molecule has 20 heavy (non-hydrogen) atoms. The molecule has 112 valence electrons. The van der Waals surface area contributed by atoms with Crippen molar-refractivity contribution in [2.24, 2.45) is 0 Å². The number of benzene rings is 1. The Hall–Kier alpha value is -0.620. The quantitative estimate of drug-likeness (QED) is 0.733. The van der Waals surface area contributed by atoms with E-state index < -0.39 is 0 Å². The maximum absolute atomic E-state index is 5.71. The van der Waals surface area contributed by atoms with Gasteiger partial charge in [-0.2, -0.15) is 0 Å². The van der Waals surface area contributed by atoms with Crippen molar-refractivity contribution in [3.8, 4) is 5.75 Å². The van der Waals surface area contributed by atoms with Crippen LogP contribution in [0.25, 0.3) is 0 Å². The highest BCUT2D eigenvalue weighted by Gasteiger charge is 2.16. The molecule has 0 saturated heterocycles. The van der Waals surface area contributed by atoms with Crippen LogP contribution in [0.2, 0.25) is 0 Å². The molecule has 4 nitrogen and oxygen atoms in total. The minimum atomic E-state index is 0.741. The molecule has 2 rings (SSSR count). The third-order valence-corrected chi connectivity index (χ3v) is 3.70. The molecular weight excluding hydrogens is 320 g/mol. The second-order valence-corrected chi connectivity index (χ2v) is 6.16. The van der Waals surface area contributed by atoms with Gasteiger partial charge in [-0.15, -0.1) is 0 Å². The number of nitrogens with zero attached hydrogens (tertiary/aromatic N) is 1. The zero-order valence-corrected chi connectivity index (χ0v) is 13.8. The Labute approximate surface area is 129 Å². The first-order valence-electron chi connectivity index (χ1n) is 7.04. The molecule has 0 unspecified atom stereocenters. The lowest BCUT2D eigenvalue weighted by molar-refractivity contribution is 0.119. The summed E-state index contributed by atoms with van der Waals surface area (Å²) in [6.45, 7) is 4.96. The number of fused-ring (bicyclic) bond motifs is 1. The van der Waals surface area contributed by atoms with Crippen LogP contribution in [0.5, 0.6) is 5.75 Å². The molecule has 1 aliphatic heterocycles. The van der Waals surface area contributed by atoms with Gasteiger partial charge in [0.1, 0.15) is 5.75 Å². The highest BCUT2D eigenvalue weighted by molar-refractivity contribution is 9.10. The van der Waals surface area contributed by atoms with E-state index in [-0.39, 0.29) is 0 Å². The Morgan fingerprint density at radius 1 is 1.35 bits per heavy atom. The molecule has 0 aliphatic carbocycles. The van der Waals surface area contributed by atoms with Gasteiger partial charge in [0.05, 0.1) is 19.8 Å². The minimum Gasteiger partial charge on any atom is -0.493 e. The SMILES string of the molecule is CN(C)CCOCCNCc1cc(Br)cc2c1OCC2. The van der Waals surface area contributed by atoms with Gasteiger partial charge in [0, 0.05) is 36.1 Å². The predicted molar refractivity (Wildman–Crippen MR) is 84.4 cm³/mol. The van der Waals surface area contributed by atoms with Crippen LogP contribution in [0.3, 0.4) is 0 Å². The first kappa shape index (κ1) is 15.8. The summed E-state index contributed by atoms with van der Waals surface area (Å²) in [4.78, 5) is 2.12. The monoisotopic (exact) mass is 342 g/mol. The lowest BCUT2D eigenvalue weighted by Crippen LogP contribution is -2.23. The third-order valence-electron chi connectivity index (χ3n) is 3.25. The van der Waals surface area contributed by atoms with E-state index in [0.717, 1.165) is 56.1 Å². The summed E-state index contributed by atoms with van der Waals surface area (Å²) in [5, 5.41) is 3.41. The standard InChI is InChI=1S/C15H23BrN2O2/c1-18(2)5-8-19-7-4-17-11-13-10-14(16)9-12-3-6-20-15(12)13/h9-10,17H,3-8,11H2,1-2H3. The molecule has 1 heterocycles.